The minimum Gasteiger partial charge on any atom is -0.388 e. The Morgan fingerprint density at radius 3 is 2.62 bits per heavy atom. The first-order valence-electron chi connectivity index (χ1n) is 8.05. The van der Waals surface area contributed by atoms with Crippen LogP contribution in [0, 0.1) is 0 Å². The zero-order valence-electron chi connectivity index (χ0n) is 13.0. The highest BCUT2D eigenvalue weighted by Crippen LogP contribution is 2.17. The second-order valence-electron chi connectivity index (χ2n) is 5.61. The molecule has 124 valence electrons. The summed E-state index contributed by atoms with van der Waals surface area (Å²) in [5.74, 6) is 0. The van der Waals surface area contributed by atoms with E-state index >= 15 is 0 Å². The SMILES string of the molecule is CCCCCC/C=C/CCOC[C@H](O)[C@H]1OC[C@@H](O)[C@H]1O. The molecule has 1 rings (SSSR count). The molecule has 5 nitrogen and oxygen atoms in total. The molecule has 0 amide bonds. The molecule has 1 aliphatic heterocycles. The Kier molecular flexibility index (Phi) is 9.87. The van der Waals surface area contributed by atoms with Gasteiger partial charge in [0.25, 0.3) is 0 Å². The lowest BCUT2D eigenvalue weighted by molar-refractivity contribution is -0.0806. The highest BCUT2D eigenvalue weighted by Gasteiger charge is 2.39. The maximum absolute atomic E-state index is 9.82. The van der Waals surface area contributed by atoms with Gasteiger partial charge in [0.1, 0.15) is 24.4 Å². The van der Waals surface area contributed by atoms with E-state index in [0.29, 0.717) is 6.61 Å². The van der Waals surface area contributed by atoms with E-state index < -0.39 is 24.4 Å². The minimum atomic E-state index is -1.04. The van der Waals surface area contributed by atoms with Gasteiger partial charge in [-0.2, -0.15) is 0 Å². The van der Waals surface area contributed by atoms with Gasteiger partial charge >= 0.3 is 0 Å². The van der Waals surface area contributed by atoms with Crippen LogP contribution in [-0.2, 0) is 9.47 Å². The van der Waals surface area contributed by atoms with Gasteiger partial charge in [-0.3, -0.25) is 0 Å². The van der Waals surface area contributed by atoms with Crippen molar-refractivity contribution in [2.24, 2.45) is 0 Å². The Labute approximate surface area is 127 Å². The van der Waals surface area contributed by atoms with Crippen molar-refractivity contribution in [1.82, 2.24) is 0 Å². The van der Waals surface area contributed by atoms with Crippen LogP contribution < -0.4 is 0 Å². The van der Waals surface area contributed by atoms with Crippen molar-refractivity contribution in [2.75, 3.05) is 19.8 Å². The first kappa shape index (κ1) is 18.6. The summed E-state index contributed by atoms with van der Waals surface area (Å²) in [6.45, 7) is 2.91. The summed E-state index contributed by atoms with van der Waals surface area (Å²) in [5, 5.41) is 28.7. The molecule has 4 atom stereocenters. The lowest BCUT2D eigenvalue weighted by Gasteiger charge is -2.20. The molecule has 1 aliphatic rings. The van der Waals surface area contributed by atoms with E-state index in [4.69, 9.17) is 9.47 Å². The Hall–Kier alpha value is -0.460. The number of allylic oxidation sites excluding steroid dienone is 1. The van der Waals surface area contributed by atoms with Crippen molar-refractivity contribution < 1.29 is 24.8 Å². The normalized spacial score (nSPS) is 27.5. The Morgan fingerprint density at radius 2 is 1.95 bits per heavy atom. The standard InChI is InChI=1S/C16H30O5/c1-2-3-4-5-6-7-8-9-10-20-11-14(18)16-15(19)13(17)12-21-16/h7-8,13-19H,2-6,9-12H2,1H3/b8-7+/t13-,14+,15-,16-/m1/s1. The van der Waals surface area contributed by atoms with E-state index in [2.05, 4.69) is 19.1 Å². The van der Waals surface area contributed by atoms with Gasteiger partial charge in [0, 0.05) is 0 Å². The van der Waals surface area contributed by atoms with E-state index in [1.807, 2.05) is 0 Å². The summed E-state index contributed by atoms with van der Waals surface area (Å²) in [6, 6.07) is 0. The summed E-state index contributed by atoms with van der Waals surface area (Å²) < 4.78 is 10.5. The second kappa shape index (κ2) is 11.2. The van der Waals surface area contributed by atoms with Crippen molar-refractivity contribution >= 4 is 0 Å². The van der Waals surface area contributed by atoms with Crippen LogP contribution in [0.4, 0.5) is 0 Å². The molecule has 5 heteroatoms. The van der Waals surface area contributed by atoms with Gasteiger partial charge in [-0.15, -0.1) is 0 Å². The molecule has 1 saturated heterocycles. The number of hydrogen-bond donors (Lipinski definition) is 3. The highest BCUT2D eigenvalue weighted by atomic mass is 16.5. The molecular formula is C16H30O5. The molecule has 0 saturated carbocycles. The number of aliphatic hydroxyl groups excluding tert-OH is 3. The fraction of sp³-hybridized carbons (Fsp3) is 0.875. The summed E-state index contributed by atoms with van der Waals surface area (Å²) in [7, 11) is 0. The first-order chi connectivity index (χ1) is 10.2. The zero-order valence-corrected chi connectivity index (χ0v) is 13.0. The summed E-state index contributed by atoms with van der Waals surface area (Å²) in [5.41, 5.74) is 0. The molecule has 3 N–H and O–H groups in total. The van der Waals surface area contributed by atoms with Crippen LogP contribution >= 0.6 is 0 Å². The molecule has 0 radical (unpaired) electrons. The van der Waals surface area contributed by atoms with Gasteiger partial charge in [0.2, 0.25) is 0 Å². The minimum absolute atomic E-state index is 0.0592. The Bertz CT molecular complexity index is 282. The predicted octanol–water partition coefficient (Wildman–Crippen LogP) is 1.40. The molecule has 0 aromatic rings. The molecule has 0 bridgehead atoms. The fourth-order valence-corrected chi connectivity index (χ4v) is 2.34. The van der Waals surface area contributed by atoms with Crippen LogP contribution in [0.15, 0.2) is 12.2 Å². The van der Waals surface area contributed by atoms with E-state index in [1.54, 1.807) is 0 Å². The van der Waals surface area contributed by atoms with Gasteiger partial charge in [-0.05, 0) is 19.3 Å². The molecular weight excluding hydrogens is 272 g/mol. The average Bonchev–Trinajstić information content (AvgIpc) is 2.81. The smallest absolute Gasteiger partial charge is 0.114 e. The topological polar surface area (TPSA) is 79.2 Å². The summed E-state index contributed by atoms with van der Waals surface area (Å²) in [6.07, 6.45) is 7.69. The monoisotopic (exact) mass is 302 g/mol. The van der Waals surface area contributed by atoms with E-state index in [-0.39, 0.29) is 13.2 Å². The quantitative estimate of drug-likeness (QED) is 0.397. The maximum Gasteiger partial charge on any atom is 0.114 e. The van der Waals surface area contributed by atoms with Gasteiger partial charge in [-0.25, -0.2) is 0 Å². The van der Waals surface area contributed by atoms with Crippen molar-refractivity contribution in [2.45, 2.75) is 69.9 Å². The van der Waals surface area contributed by atoms with Crippen LogP contribution in [0.2, 0.25) is 0 Å². The molecule has 1 heterocycles. The van der Waals surface area contributed by atoms with Crippen molar-refractivity contribution in [3.05, 3.63) is 12.2 Å². The summed E-state index contributed by atoms with van der Waals surface area (Å²) in [4.78, 5) is 0. The van der Waals surface area contributed by atoms with Gasteiger partial charge in [-0.1, -0.05) is 38.3 Å². The lowest BCUT2D eigenvalue weighted by Crippen LogP contribution is -2.40. The molecule has 0 spiro atoms. The third-order valence-corrected chi connectivity index (χ3v) is 3.68. The van der Waals surface area contributed by atoms with Crippen LogP contribution in [0.1, 0.15) is 45.4 Å². The number of hydrogen-bond acceptors (Lipinski definition) is 5. The van der Waals surface area contributed by atoms with Crippen LogP contribution in [0.5, 0.6) is 0 Å². The molecule has 0 aliphatic carbocycles. The first-order valence-corrected chi connectivity index (χ1v) is 8.05. The number of rotatable bonds is 11. The third-order valence-electron chi connectivity index (χ3n) is 3.68. The van der Waals surface area contributed by atoms with Crippen LogP contribution in [0.3, 0.4) is 0 Å². The van der Waals surface area contributed by atoms with Gasteiger partial charge in [0.05, 0.1) is 19.8 Å². The number of aliphatic hydroxyl groups is 3. The van der Waals surface area contributed by atoms with Crippen molar-refractivity contribution in [3.8, 4) is 0 Å². The third kappa shape index (κ3) is 7.38. The molecule has 0 aromatic carbocycles. The molecule has 1 fully saturated rings. The molecule has 0 aromatic heterocycles. The lowest BCUT2D eigenvalue weighted by atomic mass is 10.1. The number of unbranched alkanes of at least 4 members (excludes halogenated alkanes) is 4. The van der Waals surface area contributed by atoms with Crippen LogP contribution in [-0.4, -0.2) is 59.6 Å². The fourth-order valence-electron chi connectivity index (χ4n) is 2.34. The second-order valence-corrected chi connectivity index (χ2v) is 5.61. The Balaban J connectivity index is 1.97. The predicted molar refractivity (Wildman–Crippen MR) is 81.1 cm³/mol. The van der Waals surface area contributed by atoms with Gasteiger partial charge in [0.15, 0.2) is 0 Å². The maximum atomic E-state index is 9.82. The zero-order chi connectivity index (χ0) is 15.5. The number of ether oxygens (including phenoxy) is 2. The van der Waals surface area contributed by atoms with E-state index in [1.165, 1.54) is 25.7 Å². The largest absolute Gasteiger partial charge is 0.388 e. The molecule has 0 unspecified atom stereocenters. The van der Waals surface area contributed by atoms with Gasteiger partial charge < -0.3 is 24.8 Å². The van der Waals surface area contributed by atoms with Crippen molar-refractivity contribution in [3.63, 3.8) is 0 Å². The summed E-state index contributed by atoms with van der Waals surface area (Å²) >= 11 is 0. The van der Waals surface area contributed by atoms with Crippen molar-refractivity contribution in [1.29, 1.82) is 0 Å². The van der Waals surface area contributed by atoms with Crippen LogP contribution in [0.25, 0.3) is 0 Å². The highest BCUT2D eigenvalue weighted by molar-refractivity contribution is 4.88. The van der Waals surface area contributed by atoms with E-state index in [0.717, 1.165) is 12.8 Å². The van der Waals surface area contributed by atoms with E-state index in [9.17, 15) is 15.3 Å². The Morgan fingerprint density at radius 1 is 1.19 bits per heavy atom. The molecule has 21 heavy (non-hydrogen) atoms. The average molecular weight is 302 g/mol.